The Labute approximate surface area is 176 Å². The van der Waals surface area contributed by atoms with Gasteiger partial charge in [0.25, 0.3) is 0 Å². The summed E-state index contributed by atoms with van der Waals surface area (Å²) in [5.41, 5.74) is 3.36. The van der Waals surface area contributed by atoms with Crippen LogP contribution < -0.4 is 5.32 Å². The zero-order valence-corrected chi connectivity index (χ0v) is 17.6. The van der Waals surface area contributed by atoms with Crippen molar-refractivity contribution >= 4 is 29.3 Å². The van der Waals surface area contributed by atoms with Gasteiger partial charge in [-0.2, -0.15) is 0 Å². The zero-order valence-electron chi connectivity index (χ0n) is 16.1. The fourth-order valence-electron chi connectivity index (χ4n) is 3.13. The molecule has 0 saturated heterocycles. The molecule has 0 aromatic heterocycles. The smallest absolute Gasteiger partial charge is 0.234 e. The Morgan fingerprint density at radius 1 is 0.964 bits per heavy atom. The van der Waals surface area contributed by atoms with Crippen molar-refractivity contribution in [2.75, 3.05) is 0 Å². The van der Waals surface area contributed by atoms with E-state index in [1.807, 2.05) is 61.5 Å². The third-order valence-electron chi connectivity index (χ3n) is 4.67. The van der Waals surface area contributed by atoms with E-state index in [1.165, 1.54) is 0 Å². The second-order valence-corrected chi connectivity index (χ2v) is 8.39. The molecule has 3 aromatic rings. The van der Waals surface area contributed by atoms with Gasteiger partial charge >= 0.3 is 0 Å². The Morgan fingerprint density at radius 3 is 2.25 bits per heavy atom. The van der Waals surface area contributed by atoms with Gasteiger partial charge in [0, 0.05) is 9.92 Å². The molecule has 1 N–H and O–H groups in total. The number of rotatable bonds is 7. The Hall–Kier alpha value is -2.23. The summed E-state index contributed by atoms with van der Waals surface area (Å²) in [6.07, 6.45) is 0.744. The minimum Gasteiger partial charge on any atom is -0.344 e. The lowest BCUT2D eigenvalue weighted by molar-refractivity contribution is -0.121. The van der Waals surface area contributed by atoms with Gasteiger partial charge in [0.2, 0.25) is 5.91 Å². The molecule has 0 radical (unpaired) electrons. The predicted octanol–water partition coefficient (Wildman–Crippen LogP) is 6.42. The maximum absolute atomic E-state index is 13.2. The van der Waals surface area contributed by atoms with Crippen molar-refractivity contribution in [1.29, 1.82) is 0 Å². The summed E-state index contributed by atoms with van der Waals surface area (Å²) in [6, 6.07) is 25.8. The van der Waals surface area contributed by atoms with E-state index in [2.05, 4.69) is 36.5 Å². The lowest BCUT2D eigenvalue weighted by atomic mass is 9.95. The summed E-state index contributed by atoms with van der Waals surface area (Å²) in [6.45, 7) is 4.12. The van der Waals surface area contributed by atoms with Crippen LogP contribution in [0.3, 0.4) is 0 Å². The number of halogens is 1. The van der Waals surface area contributed by atoms with Crippen LogP contribution in [0.1, 0.15) is 36.1 Å². The van der Waals surface area contributed by atoms with Crippen LogP contribution in [0.2, 0.25) is 5.02 Å². The topological polar surface area (TPSA) is 29.1 Å². The normalized spacial score (nSPS) is 13.0. The zero-order chi connectivity index (χ0) is 19.9. The second kappa shape index (κ2) is 9.81. The quantitative estimate of drug-likeness (QED) is 0.456. The average molecular weight is 410 g/mol. The lowest BCUT2D eigenvalue weighted by Gasteiger charge is -2.24. The van der Waals surface area contributed by atoms with Crippen LogP contribution in [0.5, 0.6) is 0 Å². The highest BCUT2D eigenvalue weighted by Crippen LogP contribution is 2.29. The molecule has 0 bridgehead atoms. The molecular formula is C24H24ClNOS. The van der Waals surface area contributed by atoms with Gasteiger partial charge in [-0.05, 0) is 54.3 Å². The first-order chi connectivity index (χ1) is 13.6. The van der Waals surface area contributed by atoms with Crippen molar-refractivity contribution in [1.82, 2.24) is 5.32 Å². The van der Waals surface area contributed by atoms with E-state index < -0.39 is 0 Å². The summed E-state index contributed by atoms with van der Waals surface area (Å²) in [4.78, 5) is 14.2. The van der Waals surface area contributed by atoms with Crippen LogP contribution in [0.15, 0.2) is 83.8 Å². The van der Waals surface area contributed by atoms with E-state index >= 15 is 0 Å². The number of thioether (sulfide) groups is 1. The van der Waals surface area contributed by atoms with Gasteiger partial charge in [0.1, 0.15) is 0 Å². The van der Waals surface area contributed by atoms with Crippen LogP contribution >= 0.6 is 23.4 Å². The highest BCUT2D eigenvalue weighted by molar-refractivity contribution is 8.00. The summed E-state index contributed by atoms with van der Waals surface area (Å²) in [5, 5.41) is 3.82. The number of nitrogens with one attached hydrogen (secondary N) is 1. The minimum atomic E-state index is -0.172. The molecule has 0 aliphatic rings. The Kier molecular flexibility index (Phi) is 7.18. The highest BCUT2D eigenvalue weighted by Gasteiger charge is 2.24. The molecule has 0 saturated carbocycles. The molecule has 3 aromatic carbocycles. The fraction of sp³-hybridized carbons (Fsp3) is 0.208. The van der Waals surface area contributed by atoms with E-state index in [1.54, 1.807) is 11.8 Å². The third-order valence-corrected chi connectivity index (χ3v) is 6.30. The largest absolute Gasteiger partial charge is 0.344 e. The van der Waals surface area contributed by atoms with E-state index in [0.717, 1.165) is 28.0 Å². The predicted molar refractivity (Wildman–Crippen MR) is 119 cm³/mol. The molecule has 0 aliphatic heterocycles. The van der Waals surface area contributed by atoms with Crippen LogP contribution in [0.25, 0.3) is 0 Å². The van der Waals surface area contributed by atoms with Crippen molar-refractivity contribution in [2.45, 2.75) is 36.5 Å². The van der Waals surface area contributed by atoms with Crippen molar-refractivity contribution < 1.29 is 4.79 Å². The molecule has 2 atom stereocenters. The van der Waals surface area contributed by atoms with Crippen molar-refractivity contribution in [3.63, 3.8) is 0 Å². The number of carbonyl (C=O) groups is 1. The molecular weight excluding hydrogens is 386 g/mol. The molecule has 144 valence electrons. The van der Waals surface area contributed by atoms with Crippen molar-refractivity contribution in [3.8, 4) is 0 Å². The maximum atomic E-state index is 13.2. The number of carbonyl (C=O) groups excluding carboxylic acids is 1. The van der Waals surface area contributed by atoms with Gasteiger partial charge in [-0.3, -0.25) is 4.79 Å². The lowest BCUT2D eigenvalue weighted by Crippen LogP contribution is -2.36. The Morgan fingerprint density at radius 2 is 1.61 bits per heavy atom. The third kappa shape index (κ3) is 5.18. The van der Waals surface area contributed by atoms with Gasteiger partial charge in [-0.15, -0.1) is 11.8 Å². The summed E-state index contributed by atoms with van der Waals surface area (Å²) >= 11 is 7.55. The van der Waals surface area contributed by atoms with Crippen LogP contribution in [0.4, 0.5) is 0 Å². The van der Waals surface area contributed by atoms with Gasteiger partial charge in [0.15, 0.2) is 0 Å². The molecule has 0 spiro atoms. The van der Waals surface area contributed by atoms with E-state index in [-0.39, 0.29) is 17.2 Å². The Balaban J connectivity index is 1.84. The molecule has 3 rings (SSSR count). The van der Waals surface area contributed by atoms with E-state index in [0.29, 0.717) is 5.02 Å². The van der Waals surface area contributed by atoms with Crippen LogP contribution in [-0.4, -0.2) is 11.2 Å². The molecule has 4 heteroatoms. The van der Waals surface area contributed by atoms with Crippen molar-refractivity contribution in [2.24, 2.45) is 0 Å². The highest BCUT2D eigenvalue weighted by atomic mass is 35.5. The minimum absolute atomic E-state index is 0.0413. The summed E-state index contributed by atoms with van der Waals surface area (Å²) in [7, 11) is 0. The maximum Gasteiger partial charge on any atom is 0.234 e. The summed E-state index contributed by atoms with van der Waals surface area (Å²) in [5.74, 6) is 0.0413. The fourth-order valence-corrected chi connectivity index (χ4v) is 4.22. The monoisotopic (exact) mass is 409 g/mol. The number of aryl methyl sites for hydroxylation is 1. The van der Waals surface area contributed by atoms with Crippen LogP contribution in [-0.2, 0) is 4.79 Å². The first-order valence-corrected chi connectivity index (χ1v) is 10.7. The average Bonchev–Trinajstić information content (AvgIpc) is 2.72. The molecule has 0 heterocycles. The molecule has 0 fully saturated rings. The van der Waals surface area contributed by atoms with E-state index in [9.17, 15) is 4.79 Å². The molecule has 0 unspecified atom stereocenters. The van der Waals surface area contributed by atoms with Gasteiger partial charge in [0.05, 0.1) is 11.3 Å². The Bertz CT molecular complexity index is 911. The standard InChI is InChI=1S/C24H24ClNOS/c1-3-22(28-20-15-13-19(25)14-16-20)24(27)26-23(18-10-5-4-6-11-18)21-12-8-7-9-17(21)2/h4-16,22-23H,3H2,1-2H3,(H,26,27)/t22-,23+/m0/s1. The number of hydrogen-bond donors (Lipinski definition) is 1. The van der Waals surface area contributed by atoms with Gasteiger partial charge < -0.3 is 5.32 Å². The molecule has 0 aliphatic carbocycles. The number of hydrogen-bond acceptors (Lipinski definition) is 2. The second-order valence-electron chi connectivity index (χ2n) is 6.68. The van der Waals surface area contributed by atoms with Gasteiger partial charge in [-0.25, -0.2) is 0 Å². The molecule has 28 heavy (non-hydrogen) atoms. The summed E-state index contributed by atoms with van der Waals surface area (Å²) < 4.78 is 0. The SMILES string of the molecule is CC[C@H](Sc1ccc(Cl)cc1)C(=O)N[C@H](c1ccccc1)c1ccccc1C. The van der Waals surface area contributed by atoms with E-state index in [4.69, 9.17) is 11.6 Å². The first kappa shape index (κ1) is 20.5. The van der Waals surface area contributed by atoms with Crippen molar-refractivity contribution in [3.05, 3.63) is 101 Å². The van der Waals surface area contributed by atoms with Crippen LogP contribution in [0, 0.1) is 6.92 Å². The first-order valence-electron chi connectivity index (χ1n) is 9.41. The molecule has 1 amide bonds. The number of amides is 1. The molecule has 2 nitrogen and oxygen atoms in total. The number of benzene rings is 3. The van der Waals surface area contributed by atoms with Gasteiger partial charge in [-0.1, -0.05) is 73.1 Å².